The van der Waals surface area contributed by atoms with E-state index in [1.54, 1.807) is 6.92 Å². The largest absolute Gasteiger partial charge is 0.322 e. The highest BCUT2D eigenvalue weighted by atomic mass is 79.9. The quantitative estimate of drug-likeness (QED) is 0.764. The fourth-order valence-corrected chi connectivity index (χ4v) is 2.79. The molecule has 1 fully saturated rings. The molecular formula is C8H7BrN2O2S. The van der Waals surface area contributed by atoms with Gasteiger partial charge in [-0.05, 0) is 35.0 Å². The Morgan fingerprint density at radius 1 is 1.43 bits per heavy atom. The fourth-order valence-electron chi connectivity index (χ4n) is 1.30. The summed E-state index contributed by atoms with van der Waals surface area (Å²) < 4.78 is 0.933. The number of carbonyl (C=O) groups excluding carboxylic acids is 2. The molecule has 0 saturated carbocycles. The number of thiophene rings is 1. The summed E-state index contributed by atoms with van der Waals surface area (Å²) in [4.78, 5) is 23.3. The average Bonchev–Trinajstić information content (AvgIpc) is 2.59. The third kappa shape index (κ3) is 1.34. The van der Waals surface area contributed by atoms with Crippen molar-refractivity contribution in [2.45, 2.75) is 12.5 Å². The molecule has 1 unspecified atom stereocenters. The highest BCUT2D eigenvalue weighted by Gasteiger charge is 2.44. The lowest BCUT2D eigenvalue weighted by Gasteiger charge is -2.17. The van der Waals surface area contributed by atoms with Crippen molar-refractivity contribution in [2.24, 2.45) is 0 Å². The number of nitrogens with one attached hydrogen (secondary N) is 2. The molecule has 2 rings (SSSR count). The molecule has 1 saturated heterocycles. The number of hydrogen-bond acceptors (Lipinski definition) is 3. The Morgan fingerprint density at radius 2 is 2.14 bits per heavy atom. The van der Waals surface area contributed by atoms with Crippen molar-refractivity contribution in [3.05, 3.63) is 20.8 Å². The number of urea groups is 1. The molecule has 14 heavy (non-hydrogen) atoms. The number of carbonyl (C=O) groups is 2. The van der Waals surface area contributed by atoms with Gasteiger partial charge in [-0.15, -0.1) is 11.3 Å². The van der Waals surface area contributed by atoms with Gasteiger partial charge in [0.1, 0.15) is 0 Å². The van der Waals surface area contributed by atoms with Crippen LogP contribution in [0.2, 0.25) is 0 Å². The molecular weight excluding hydrogens is 268 g/mol. The van der Waals surface area contributed by atoms with Crippen molar-refractivity contribution in [2.75, 3.05) is 0 Å². The zero-order valence-corrected chi connectivity index (χ0v) is 9.66. The van der Waals surface area contributed by atoms with Crippen LogP contribution in [-0.4, -0.2) is 11.9 Å². The highest BCUT2D eigenvalue weighted by Crippen LogP contribution is 2.32. The molecule has 0 bridgehead atoms. The van der Waals surface area contributed by atoms with Gasteiger partial charge in [-0.2, -0.15) is 0 Å². The monoisotopic (exact) mass is 274 g/mol. The van der Waals surface area contributed by atoms with Gasteiger partial charge >= 0.3 is 6.03 Å². The van der Waals surface area contributed by atoms with Gasteiger partial charge in [0, 0.05) is 4.88 Å². The number of rotatable bonds is 1. The van der Waals surface area contributed by atoms with E-state index in [0.717, 1.165) is 8.66 Å². The molecule has 0 aromatic carbocycles. The van der Waals surface area contributed by atoms with Crippen LogP contribution in [0, 0.1) is 0 Å². The third-order valence-electron chi connectivity index (χ3n) is 2.11. The first kappa shape index (κ1) is 9.67. The molecule has 2 N–H and O–H groups in total. The first-order valence-electron chi connectivity index (χ1n) is 3.92. The predicted molar refractivity (Wildman–Crippen MR) is 56.0 cm³/mol. The maximum atomic E-state index is 11.5. The van der Waals surface area contributed by atoms with E-state index in [2.05, 4.69) is 26.6 Å². The molecule has 4 nitrogen and oxygen atoms in total. The van der Waals surface area contributed by atoms with Crippen LogP contribution in [0.25, 0.3) is 0 Å². The van der Waals surface area contributed by atoms with Crippen molar-refractivity contribution in [1.29, 1.82) is 0 Å². The molecule has 0 aliphatic carbocycles. The minimum absolute atomic E-state index is 0.308. The molecule has 0 spiro atoms. The summed E-state index contributed by atoms with van der Waals surface area (Å²) in [6, 6.07) is 3.23. The third-order valence-corrected chi connectivity index (χ3v) is 3.96. The zero-order valence-electron chi connectivity index (χ0n) is 7.26. The van der Waals surface area contributed by atoms with E-state index >= 15 is 0 Å². The number of imide groups is 1. The molecule has 1 aromatic heterocycles. The van der Waals surface area contributed by atoms with E-state index in [1.807, 2.05) is 12.1 Å². The second kappa shape index (κ2) is 3.06. The molecule has 1 aliphatic heterocycles. The van der Waals surface area contributed by atoms with Crippen molar-refractivity contribution in [3.63, 3.8) is 0 Å². The van der Waals surface area contributed by atoms with Crippen LogP contribution >= 0.6 is 27.3 Å². The Labute approximate surface area is 92.8 Å². The fraction of sp³-hybridized carbons (Fsp3) is 0.250. The van der Waals surface area contributed by atoms with Crippen LogP contribution in [0.15, 0.2) is 15.9 Å². The Kier molecular flexibility index (Phi) is 2.11. The Hall–Kier alpha value is -0.880. The van der Waals surface area contributed by atoms with Gasteiger partial charge in [-0.1, -0.05) is 0 Å². The number of amides is 3. The van der Waals surface area contributed by atoms with E-state index < -0.39 is 11.6 Å². The Balaban J connectivity index is 2.42. The van der Waals surface area contributed by atoms with Crippen LogP contribution < -0.4 is 10.6 Å². The number of hydrogen-bond donors (Lipinski definition) is 2. The van der Waals surface area contributed by atoms with Crippen molar-refractivity contribution in [1.82, 2.24) is 10.6 Å². The second-order valence-electron chi connectivity index (χ2n) is 3.14. The zero-order chi connectivity index (χ0) is 10.3. The molecule has 2 heterocycles. The van der Waals surface area contributed by atoms with Crippen LogP contribution in [0.1, 0.15) is 11.8 Å². The summed E-state index contributed by atoms with van der Waals surface area (Å²) >= 11 is 4.74. The van der Waals surface area contributed by atoms with Crippen molar-refractivity contribution < 1.29 is 9.59 Å². The summed E-state index contributed by atoms with van der Waals surface area (Å²) in [6.07, 6.45) is 0. The second-order valence-corrected chi connectivity index (χ2v) is 5.60. The smallest absolute Gasteiger partial charge is 0.319 e. The molecule has 0 radical (unpaired) electrons. The Morgan fingerprint density at radius 3 is 2.57 bits per heavy atom. The summed E-state index contributed by atoms with van der Waals surface area (Å²) in [5.74, 6) is -0.308. The molecule has 1 aromatic rings. The van der Waals surface area contributed by atoms with Crippen molar-refractivity contribution >= 4 is 39.2 Å². The molecule has 74 valence electrons. The topological polar surface area (TPSA) is 58.2 Å². The molecule has 6 heteroatoms. The van der Waals surface area contributed by atoms with Crippen LogP contribution in [0.4, 0.5) is 4.79 Å². The summed E-state index contributed by atoms with van der Waals surface area (Å²) in [7, 11) is 0. The van der Waals surface area contributed by atoms with Gasteiger partial charge in [0.2, 0.25) is 0 Å². The van der Waals surface area contributed by atoms with E-state index in [1.165, 1.54) is 11.3 Å². The lowest BCUT2D eigenvalue weighted by molar-refractivity contribution is -0.123. The average molecular weight is 275 g/mol. The SMILES string of the molecule is CC1(c2ccc(Br)s2)NC(=O)NC1=O. The van der Waals surface area contributed by atoms with Gasteiger partial charge in [-0.3, -0.25) is 10.1 Å². The minimum Gasteiger partial charge on any atom is -0.319 e. The predicted octanol–water partition coefficient (Wildman–Crippen LogP) is 1.57. The van der Waals surface area contributed by atoms with Crippen LogP contribution in [0.5, 0.6) is 0 Å². The lowest BCUT2D eigenvalue weighted by Crippen LogP contribution is -2.39. The first-order valence-corrected chi connectivity index (χ1v) is 5.53. The van der Waals surface area contributed by atoms with E-state index in [4.69, 9.17) is 0 Å². The van der Waals surface area contributed by atoms with Gasteiger partial charge in [-0.25, -0.2) is 4.79 Å². The first-order chi connectivity index (χ1) is 6.52. The normalized spacial score (nSPS) is 26.1. The van der Waals surface area contributed by atoms with Crippen molar-refractivity contribution in [3.8, 4) is 0 Å². The standard InChI is InChI=1S/C8H7BrN2O2S/c1-8(4-2-3-5(9)14-4)6(12)10-7(13)11-8/h2-3H,1H3,(H2,10,11,12,13). The van der Waals surface area contributed by atoms with Gasteiger partial charge in [0.15, 0.2) is 5.54 Å². The maximum Gasteiger partial charge on any atom is 0.322 e. The van der Waals surface area contributed by atoms with Gasteiger partial charge in [0.25, 0.3) is 5.91 Å². The van der Waals surface area contributed by atoms with Crippen LogP contribution in [-0.2, 0) is 10.3 Å². The number of halogens is 1. The van der Waals surface area contributed by atoms with E-state index in [9.17, 15) is 9.59 Å². The highest BCUT2D eigenvalue weighted by molar-refractivity contribution is 9.11. The molecule has 1 atom stereocenters. The van der Waals surface area contributed by atoms with Gasteiger partial charge < -0.3 is 5.32 Å². The van der Waals surface area contributed by atoms with E-state index in [0.29, 0.717) is 0 Å². The maximum absolute atomic E-state index is 11.5. The lowest BCUT2D eigenvalue weighted by atomic mass is 10.0. The summed E-state index contributed by atoms with van der Waals surface area (Å²) in [5.41, 5.74) is -0.923. The summed E-state index contributed by atoms with van der Waals surface area (Å²) in [6.45, 7) is 1.69. The Bertz CT molecular complexity index is 417. The van der Waals surface area contributed by atoms with E-state index in [-0.39, 0.29) is 5.91 Å². The molecule has 1 aliphatic rings. The van der Waals surface area contributed by atoms with Crippen LogP contribution in [0.3, 0.4) is 0 Å². The minimum atomic E-state index is -0.923. The molecule has 3 amide bonds. The summed E-state index contributed by atoms with van der Waals surface area (Å²) in [5, 5.41) is 4.82. The van der Waals surface area contributed by atoms with Gasteiger partial charge in [0.05, 0.1) is 3.79 Å².